The number of rotatable bonds is 5. The summed E-state index contributed by atoms with van der Waals surface area (Å²) >= 11 is 2.29. The van der Waals surface area contributed by atoms with Crippen LogP contribution in [-0.2, 0) is 11.4 Å². The van der Waals surface area contributed by atoms with Crippen molar-refractivity contribution in [1.82, 2.24) is 9.88 Å². The minimum absolute atomic E-state index is 0.276. The maximum Gasteiger partial charge on any atom is 0.228 e. The third-order valence-corrected chi connectivity index (χ3v) is 6.10. The predicted octanol–water partition coefficient (Wildman–Crippen LogP) is 5.98. The largest absolute Gasteiger partial charge is 0.461 e. The first-order chi connectivity index (χ1) is 15.2. The Morgan fingerprint density at radius 2 is 1.81 bits per heavy atom. The van der Waals surface area contributed by atoms with E-state index >= 15 is 0 Å². The summed E-state index contributed by atoms with van der Waals surface area (Å²) < 4.78 is 21.2. The summed E-state index contributed by atoms with van der Waals surface area (Å²) in [6.07, 6.45) is 4.59. The molecular formula is C24H17FIN3O2. The minimum atomic E-state index is -0.443. The number of aromatic nitrogens is 1. The van der Waals surface area contributed by atoms with E-state index in [1.165, 1.54) is 6.07 Å². The number of benzene rings is 2. The van der Waals surface area contributed by atoms with Crippen LogP contribution in [0.1, 0.15) is 23.1 Å². The Hall–Kier alpha value is -3.20. The lowest BCUT2D eigenvalue weighted by Crippen LogP contribution is -2.31. The molecule has 5 nitrogen and oxygen atoms in total. The van der Waals surface area contributed by atoms with Gasteiger partial charge in [0, 0.05) is 27.1 Å². The van der Waals surface area contributed by atoms with Gasteiger partial charge in [-0.15, -0.1) is 0 Å². The molecule has 0 aliphatic carbocycles. The van der Waals surface area contributed by atoms with E-state index < -0.39 is 6.23 Å². The second-order valence-electron chi connectivity index (χ2n) is 7.01. The maximum atomic E-state index is 14.6. The molecule has 7 heteroatoms. The molecule has 1 aliphatic rings. The first kappa shape index (κ1) is 19.7. The van der Waals surface area contributed by atoms with Crippen LogP contribution < -0.4 is 0 Å². The van der Waals surface area contributed by atoms with Gasteiger partial charge >= 0.3 is 0 Å². The van der Waals surface area contributed by atoms with Crippen molar-refractivity contribution in [2.75, 3.05) is 0 Å². The molecule has 1 aliphatic heterocycles. The van der Waals surface area contributed by atoms with Gasteiger partial charge in [0.2, 0.25) is 12.1 Å². The van der Waals surface area contributed by atoms with E-state index in [9.17, 15) is 4.39 Å². The van der Waals surface area contributed by atoms with Gasteiger partial charge in [0.25, 0.3) is 0 Å². The molecule has 0 saturated carbocycles. The van der Waals surface area contributed by atoms with Crippen LogP contribution in [-0.4, -0.2) is 15.7 Å². The molecule has 2 aromatic carbocycles. The van der Waals surface area contributed by atoms with Crippen LogP contribution in [0.3, 0.4) is 0 Å². The van der Waals surface area contributed by atoms with Crippen molar-refractivity contribution < 1.29 is 13.6 Å². The van der Waals surface area contributed by atoms with E-state index in [1.807, 2.05) is 53.4 Å². The highest BCUT2D eigenvalue weighted by Gasteiger charge is 2.35. The number of oxime groups is 1. The normalized spacial score (nSPS) is 15.6. The Morgan fingerprint density at radius 1 is 0.968 bits per heavy atom. The Balaban J connectivity index is 1.57. The number of hydrogen-bond acceptors (Lipinski definition) is 5. The molecular weight excluding hydrogens is 508 g/mol. The van der Waals surface area contributed by atoms with Gasteiger partial charge in [0.05, 0.1) is 12.8 Å². The fourth-order valence-corrected chi connectivity index (χ4v) is 4.30. The van der Waals surface area contributed by atoms with Crippen LogP contribution in [0.2, 0.25) is 0 Å². The highest BCUT2D eigenvalue weighted by atomic mass is 127. The molecule has 0 bridgehead atoms. The number of hydrogen-bond donors (Lipinski definition) is 0. The van der Waals surface area contributed by atoms with E-state index in [-0.39, 0.29) is 5.82 Å². The number of amidine groups is 1. The van der Waals surface area contributed by atoms with Crippen molar-refractivity contribution in [1.29, 1.82) is 0 Å². The molecule has 3 heterocycles. The van der Waals surface area contributed by atoms with Crippen LogP contribution in [0.4, 0.5) is 4.39 Å². The Kier molecular flexibility index (Phi) is 5.42. The van der Waals surface area contributed by atoms with E-state index in [0.29, 0.717) is 23.7 Å². The zero-order chi connectivity index (χ0) is 21.2. The highest BCUT2D eigenvalue weighted by molar-refractivity contribution is 14.1. The molecule has 2 aromatic heterocycles. The molecule has 31 heavy (non-hydrogen) atoms. The van der Waals surface area contributed by atoms with Gasteiger partial charge < -0.3 is 14.2 Å². The number of pyridine rings is 1. The minimum Gasteiger partial charge on any atom is -0.461 e. The van der Waals surface area contributed by atoms with Gasteiger partial charge in [-0.25, -0.2) is 4.39 Å². The topological polar surface area (TPSA) is 50.9 Å². The lowest BCUT2D eigenvalue weighted by molar-refractivity contribution is 0.00517. The summed E-state index contributed by atoms with van der Waals surface area (Å²) in [7, 11) is 0. The highest BCUT2D eigenvalue weighted by Crippen LogP contribution is 2.36. The zero-order valence-corrected chi connectivity index (χ0v) is 18.4. The van der Waals surface area contributed by atoms with Crippen molar-refractivity contribution in [2.24, 2.45) is 5.16 Å². The summed E-state index contributed by atoms with van der Waals surface area (Å²) in [5.41, 5.74) is 3.15. The van der Waals surface area contributed by atoms with Crippen LogP contribution >= 0.6 is 22.6 Å². The smallest absolute Gasteiger partial charge is 0.228 e. The Labute approximate surface area is 192 Å². The summed E-state index contributed by atoms with van der Waals surface area (Å²) in [5, 5.41) is 4.33. The van der Waals surface area contributed by atoms with Gasteiger partial charge in [-0.05, 0) is 64.0 Å². The average Bonchev–Trinajstić information content (AvgIpc) is 3.45. The monoisotopic (exact) mass is 525 g/mol. The summed E-state index contributed by atoms with van der Waals surface area (Å²) in [4.78, 5) is 12.2. The van der Waals surface area contributed by atoms with Gasteiger partial charge in [0.15, 0.2) is 5.76 Å². The van der Waals surface area contributed by atoms with Crippen LogP contribution in [0, 0.1) is 9.39 Å². The summed E-state index contributed by atoms with van der Waals surface area (Å²) in [6.45, 7) is 0.409. The van der Waals surface area contributed by atoms with Crippen LogP contribution in [0.15, 0.2) is 95.0 Å². The third-order valence-electron chi connectivity index (χ3n) is 5.12. The zero-order valence-electron chi connectivity index (χ0n) is 16.3. The molecule has 0 spiro atoms. The first-order valence-electron chi connectivity index (χ1n) is 9.69. The van der Waals surface area contributed by atoms with Gasteiger partial charge in [0.1, 0.15) is 5.82 Å². The fraction of sp³-hybridized carbons (Fsp3) is 0.0833. The van der Waals surface area contributed by atoms with Crippen molar-refractivity contribution >= 4 is 28.4 Å². The number of nitrogens with zero attached hydrogens (tertiary/aromatic N) is 3. The molecule has 0 saturated heterocycles. The quantitative estimate of drug-likeness (QED) is 0.301. The molecule has 0 amide bonds. The van der Waals surface area contributed by atoms with Gasteiger partial charge in [-0.1, -0.05) is 41.6 Å². The molecule has 1 unspecified atom stereocenters. The third kappa shape index (κ3) is 3.81. The average molecular weight is 525 g/mol. The lowest BCUT2D eigenvalue weighted by atomic mass is 10.0. The lowest BCUT2D eigenvalue weighted by Gasteiger charge is -2.26. The molecule has 0 fully saturated rings. The van der Waals surface area contributed by atoms with Crippen molar-refractivity contribution in [3.63, 3.8) is 0 Å². The van der Waals surface area contributed by atoms with E-state index in [0.717, 1.165) is 20.3 Å². The number of halogens is 2. The van der Waals surface area contributed by atoms with E-state index in [4.69, 9.17) is 9.25 Å². The second kappa shape index (κ2) is 8.50. The molecule has 0 radical (unpaired) electrons. The van der Waals surface area contributed by atoms with Crippen molar-refractivity contribution in [3.8, 4) is 11.1 Å². The second-order valence-corrected chi connectivity index (χ2v) is 8.17. The molecule has 0 N–H and O–H groups in total. The molecule has 4 aromatic rings. The molecule has 5 rings (SSSR count). The van der Waals surface area contributed by atoms with Crippen molar-refractivity contribution in [3.05, 3.63) is 112 Å². The summed E-state index contributed by atoms with van der Waals surface area (Å²) in [5.74, 6) is 0.907. The van der Waals surface area contributed by atoms with Crippen LogP contribution in [0.25, 0.3) is 11.1 Å². The van der Waals surface area contributed by atoms with Crippen LogP contribution in [0.5, 0.6) is 0 Å². The van der Waals surface area contributed by atoms with E-state index in [1.54, 1.807) is 30.8 Å². The Morgan fingerprint density at radius 3 is 2.61 bits per heavy atom. The molecule has 154 valence electrons. The van der Waals surface area contributed by atoms with Gasteiger partial charge in [-0.2, -0.15) is 0 Å². The Bertz CT molecular complexity index is 1240. The number of furan rings is 1. The fourth-order valence-electron chi connectivity index (χ4n) is 3.65. The van der Waals surface area contributed by atoms with Gasteiger partial charge in [-0.3, -0.25) is 4.98 Å². The SMILES string of the molecule is Fc1ccccc1-c1ccncc1CN1C(c2ccco2)=NOC1c1ccccc1I. The van der Waals surface area contributed by atoms with Crippen molar-refractivity contribution in [2.45, 2.75) is 12.8 Å². The van der Waals surface area contributed by atoms with E-state index in [2.05, 4.69) is 32.7 Å². The standard InChI is InChI=1S/C24H17FIN3O2/c25-20-8-3-1-6-18(20)17-11-12-27-14-16(17)15-29-23(22-10-5-13-30-22)28-31-24(29)19-7-2-4-9-21(19)26/h1-14,24H,15H2. The molecule has 1 atom stereocenters. The first-order valence-corrected chi connectivity index (χ1v) is 10.8. The maximum absolute atomic E-state index is 14.6. The summed E-state index contributed by atoms with van der Waals surface area (Å²) in [6, 6.07) is 20.2. The predicted molar refractivity (Wildman–Crippen MR) is 123 cm³/mol.